The second-order valence-electron chi connectivity index (χ2n) is 4.31. The molecule has 0 fully saturated rings. The summed E-state index contributed by atoms with van der Waals surface area (Å²) in [5.74, 6) is 2.55. The lowest BCUT2D eigenvalue weighted by Gasteiger charge is -2.15. The van der Waals surface area contributed by atoms with Crippen LogP contribution in [0.15, 0.2) is 18.2 Å². The molecule has 0 radical (unpaired) electrons. The van der Waals surface area contributed by atoms with Crippen LogP contribution in [0.5, 0.6) is 0 Å². The number of hydrogen-bond acceptors (Lipinski definition) is 1. The zero-order valence-corrected chi connectivity index (χ0v) is 10.7. The number of carbonyl (C=O) groups excluding carboxylic acids is 1. The highest BCUT2D eigenvalue weighted by Gasteiger charge is 2.12. The van der Waals surface area contributed by atoms with Crippen molar-refractivity contribution in [2.24, 2.45) is 0 Å². The first-order chi connectivity index (χ1) is 8.08. The van der Waals surface area contributed by atoms with E-state index in [9.17, 15) is 4.79 Å². The van der Waals surface area contributed by atoms with Crippen LogP contribution in [0.25, 0.3) is 0 Å². The Bertz CT molecular complexity index is 443. The predicted molar refractivity (Wildman–Crippen MR) is 70.9 cm³/mol. The molecule has 0 aliphatic heterocycles. The average molecular weight is 229 g/mol. The highest BCUT2D eigenvalue weighted by Crippen LogP contribution is 2.11. The fourth-order valence-corrected chi connectivity index (χ4v) is 1.77. The largest absolute Gasteiger partial charge is 0.348 e. The second kappa shape index (κ2) is 6.10. The molecular weight excluding hydrogens is 210 g/mol. The van der Waals surface area contributed by atoms with Gasteiger partial charge in [-0.2, -0.15) is 0 Å². The van der Waals surface area contributed by atoms with Gasteiger partial charge in [0.2, 0.25) is 0 Å². The highest BCUT2D eigenvalue weighted by molar-refractivity contribution is 5.95. The standard InChI is InChI=1S/C15H19NO/c1-5-7-13(6-2)16-15(17)14-9-8-11(3)10-12(14)4/h1,8-10,13H,6-7H2,2-4H3,(H,16,17). The third-order valence-electron chi connectivity index (χ3n) is 2.82. The average Bonchev–Trinajstić information content (AvgIpc) is 2.28. The smallest absolute Gasteiger partial charge is 0.251 e. The Hall–Kier alpha value is -1.75. The molecular formula is C15H19NO. The van der Waals surface area contributed by atoms with E-state index in [1.165, 1.54) is 0 Å². The van der Waals surface area contributed by atoms with E-state index in [1.54, 1.807) is 0 Å². The van der Waals surface area contributed by atoms with E-state index in [0.717, 1.165) is 23.1 Å². The summed E-state index contributed by atoms with van der Waals surface area (Å²) in [4.78, 5) is 12.0. The maximum atomic E-state index is 12.0. The van der Waals surface area contributed by atoms with Gasteiger partial charge in [-0.05, 0) is 31.9 Å². The van der Waals surface area contributed by atoms with Crippen LogP contribution in [0.2, 0.25) is 0 Å². The van der Waals surface area contributed by atoms with Crippen molar-refractivity contribution in [3.63, 3.8) is 0 Å². The monoisotopic (exact) mass is 229 g/mol. The number of nitrogens with one attached hydrogen (secondary N) is 1. The summed E-state index contributed by atoms with van der Waals surface area (Å²) >= 11 is 0. The molecule has 1 aromatic rings. The molecule has 1 aromatic carbocycles. The minimum Gasteiger partial charge on any atom is -0.348 e. The van der Waals surface area contributed by atoms with Crippen LogP contribution in [0.3, 0.4) is 0 Å². The molecule has 0 saturated carbocycles. The maximum absolute atomic E-state index is 12.0. The van der Waals surface area contributed by atoms with E-state index in [2.05, 4.69) is 11.2 Å². The van der Waals surface area contributed by atoms with Gasteiger partial charge in [0.25, 0.3) is 5.91 Å². The third kappa shape index (κ3) is 3.64. The van der Waals surface area contributed by atoms with Crippen molar-refractivity contribution < 1.29 is 4.79 Å². The Morgan fingerprint density at radius 3 is 2.71 bits per heavy atom. The van der Waals surface area contributed by atoms with E-state index in [4.69, 9.17) is 6.42 Å². The Morgan fingerprint density at radius 1 is 1.47 bits per heavy atom. The molecule has 2 nitrogen and oxygen atoms in total. The number of aryl methyl sites for hydroxylation is 2. The van der Waals surface area contributed by atoms with Crippen molar-refractivity contribution >= 4 is 5.91 Å². The normalized spacial score (nSPS) is 11.6. The molecule has 0 heterocycles. The maximum Gasteiger partial charge on any atom is 0.251 e. The third-order valence-corrected chi connectivity index (χ3v) is 2.82. The van der Waals surface area contributed by atoms with Gasteiger partial charge in [-0.25, -0.2) is 0 Å². The van der Waals surface area contributed by atoms with Gasteiger partial charge in [0.1, 0.15) is 0 Å². The molecule has 0 aliphatic carbocycles. The Labute approximate surface area is 103 Å². The molecule has 1 rings (SSSR count). The van der Waals surface area contributed by atoms with Crippen molar-refractivity contribution in [1.82, 2.24) is 5.32 Å². The minimum absolute atomic E-state index is 0.0374. The Morgan fingerprint density at radius 2 is 2.18 bits per heavy atom. The number of rotatable bonds is 4. The molecule has 1 unspecified atom stereocenters. The number of amides is 1. The minimum atomic E-state index is -0.0374. The first kappa shape index (κ1) is 13.3. The van der Waals surface area contributed by atoms with Crippen molar-refractivity contribution in [1.29, 1.82) is 0 Å². The zero-order valence-electron chi connectivity index (χ0n) is 10.7. The first-order valence-corrected chi connectivity index (χ1v) is 5.90. The fraction of sp³-hybridized carbons (Fsp3) is 0.400. The van der Waals surface area contributed by atoms with Crippen LogP contribution < -0.4 is 5.32 Å². The summed E-state index contributed by atoms with van der Waals surface area (Å²) < 4.78 is 0. The van der Waals surface area contributed by atoms with Gasteiger partial charge in [0.05, 0.1) is 0 Å². The lowest BCUT2D eigenvalue weighted by molar-refractivity contribution is 0.0936. The van der Waals surface area contributed by atoms with Gasteiger partial charge in [0.15, 0.2) is 0 Å². The Kier molecular flexibility index (Phi) is 4.78. The molecule has 0 aliphatic rings. The zero-order chi connectivity index (χ0) is 12.8. The van der Waals surface area contributed by atoms with Crippen molar-refractivity contribution in [2.75, 3.05) is 0 Å². The fourth-order valence-electron chi connectivity index (χ4n) is 1.77. The number of benzene rings is 1. The lowest BCUT2D eigenvalue weighted by atomic mass is 10.0. The van der Waals surface area contributed by atoms with Crippen LogP contribution in [0.4, 0.5) is 0 Å². The summed E-state index contributed by atoms with van der Waals surface area (Å²) in [5, 5.41) is 2.96. The molecule has 1 atom stereocenters. The lowest BCUT2D eigenvalue weighted by Crippen LogP contribution is -2.34. The van der Waals surface area contributed by atoms with Gasteiger partial charge in [-0.15, -0.1) is 12.3 Å². The second-order valence-corrected chi connectivity index (χ2v) is 4.31. The van der Waals surface area contributed by atoms with Gasteiger partial charge < -0.3 is 5.32 Å². The van der Waals surface area contributed by atoms with Crippen LogP contribution in [-0.2, 0) is 0 Å². The summed E-state index contributed by atoms with van der Waals surface area (Å²) in [6.45, 7) is 5.98. The quantitative estimate of drug-likeness (QED) is 0.790. The SMILES string of the molecule is C#CCC(CC)NC(=O)c1ccc(C)cc1C. The molecule has 0 aromatic heterocycles. The van der Waals surface area contributed by atoms with Crippen LogP contribution >= 0.6 is 0 Å². The number of carbonyl (C=O) groups is 1. The van der Waals surface area contributed by atoms with Gasteiger partial charge >= 0.3 is 0 Å². The van der Waals surface area contributed by atoms with Crippen LogP contribution in [0.1, 0.15) is 41.3 Å². The van der Waals surface area contributed by atoms with Crippen molar-refractivity contribution in [2.45, 2.75) is 39.7 Å². The van der Waals surface area contributed by atoms with Crippen LogP contribution in [0, 0.1) is 26.2 Å². The molecule has 0 saturated heterocycles. The molecule has 0 bridgehead atoms. The summed E-state index contributed by atoms with van der Waals surface area (Å²) in [6, 6.07) is 5.89. The molecule has 2 heteroatoms. The van der Waals surface area contributed by atoms with Gasteiger partial charge in [-0.1, -0.05) is 24.6 Å². The van der Waals surface area contributed by atoms with Crippen molar-refractivity contribution in [3.8, 4) is 12.3 Å². The molecule has 17 heavy (non-hydrogen) atoms. The summed E-state index contributed by atoms with van der Waals surface area (Å²) in [7, 11) is 0. The van der Waals surface area contributed by atoms with E-state index in [0.29, 0.717) is 6.42 Å². The van der Waals surface area contributed by atoms with E-state index in [-0.39, 0.29) is 11.9 Å². The van der Waals surface area contributed by atoms with Gasteiger partial charge in [0, 0.05) is 18.0 Å². The molecule has 1 amide bonds. The molecule has 90 valence electrons. The number of terminal acetylenes is 1. The van der Waals surface area contributed by atoms with E-state index >= 15 is 0 Å². The van der Waals surface area contributed by atoms with Crippen molar-refractivity contribution in [3.05, 3.63) is 34.9 Å². The van der Waals surface area contributed by atoms with Gasteiger partial charge in [-0.3, -0.25) is 4.79 Å². The first-order valence-electron chi connectivity index (χ1n) is 5.90. The predicted octanol–water partition coefficient (Wildman–Crippen LogP) is 2.84. The summed E-state index contributed by atoms with van der Waals surface area (Å²) in [6.07, 6.45) is 6.69. The van der Waals surface area contributed by atoms with Crippen LogP contribution in [-0.4, -0.2) is 11.9 Å². The summed E-state index contributed by atoms with van der Waals surface area (Å²) in [5.41, 5.74) is 2.89. The van der Waals surface area contributed by atoms with E-state index < -0.39 is 0 Å². The highest BCUT2D eigenvalue weighted by atomic mass is 16.1. The number of hydrogen-bond donors (Lipinski definition) is 1. The topological polar surface area (TPSA) is 29.1 Å². The molecule has 1 N–H and O–H groups in total. The van der Waals surface area contributed by atoms with E-state index in [1.807, 2.05) is 39.0 Å². The molecule has 0 spiro atoms. The Balaban J connectivity index is 2.79.